The highest BCUT2D eigenvalue weighted by atomic mass is 35.5. The zero-order valence-corrected chi connectivity index (χ0v) is 45.9. The first kappa shape index (κ1) is 55.1. The van der Waals surface area contributed by atoms with Crippen molar-refractivity contribution in [3.05, 3.63) is 171 Å². The van der Waals surface area contributed by atoms with Gasteiger partial charge in [-0.15, -0.1) is 27.8 Å². The zero-order valence-electron chi connectivity index (χ0n) is 42.7. The van der Waals surface area contributed by atoms with Crippen LogP contribution >= 0.6 is 34.9 Å². The number of β-lactam (4-membered cyclic amide) rings is 1. The molecule has 0 saturated carbocycles. The Labute approximate surface area is 459 Å². The van der Waals surface area contributed by atoms with Gasteiger partial charge in [0.05, 0.1) is 12.7 Å². The minimum absolute atomic E-state index is 0. The van der Waals surface area contributed by atoms with Crippen LogP contribution in [0.25, 0.3) is 0 Å². The number of nitrogens with two attached hydrogens (primary N) is 2. The number of benzene rings is 4. The minimum atomic E-state index is -1.66. The SMILES string of the molecule is COc1ccc(COC(=O)C2=C(CSc3nc(N)c4c([n+]3N)CCC4)CSC3C(NC(=O)/C(=N\OC(C)(C)C(=O)OC(C)(C)C)c4csc(NC(c5ccccc5)(c5ccccc5)c5ccccc5)n4)C(=O)N23)cc1.[Cl-]. The van der Waals surface area contributed by atoms with Gasteiger partial charge in [-0.05, 0) is 104 Å². The summed E-state index contributed by atoms with van der Waals surface area (Å²) in [5, 5.41) is 12.7. The molecule has 3 aliphatic rings. The number of thiazole rings is 1. The molecule has 1 fully saturated rings. The Balaban J connectivity index is 0.00000765. The fourth-order valence-corrected chi connectivity index (χ4v) is 12.2. The third-order valence-corrected chi connectivity index (χ3v) is 15.9. The van der Waals surface area contributed by atoms with Crippen molar-refractivity contribution in [2.45, 2.75) is 93.8 Å². The van der Waals surface area contributed by atoms with Gasteiger partial charge in [0, 0.05) is 23.3 Å². The van der Waals surface area contributed by atoms with Crippen LogP contribution in [0.5, 0.6) is 5.75 Å². The number of esters is 2. The van der Waals surface area contributed by atoms with Gasteiger partial charge in [-0.1, -0.05) is 108 Å². The van der Waals surface area contributed by atoms with E-state index in [-0.39, 0.29) is 41.9 Å². The van der Waals surface area contributed by atoms with E-state index < -0.39 is 51.9 Å². The number of rotatable bonds is 18. The molecule has 9 rings (SSSR count). The number of thioether (sulfide) groups is 2. The molecule has 0 spiro atoms. The maximum atomic E-state index is 14.8. The molecule has 76 heavy (non-hydrogen) atoms. The fraction of sp³-hybridized carbons (Fsp3) is 0.309. The molecule has 4 aromatic carbocycles. The number of nitrogen functional groups attached to an aromatic ring is 2. The van der Waals surface area contributed by atoms with E-state index in [0.717, 1.165) is 47.2 Å². The van der Waals surface area contributed by atoms with Crippen molar-refractivity contribution in [1.82, 2.24) is 20.2 Å². The van der Waals surface area contributed by atoms with Gasteiger partial charge in [-0.25, -0.2) is 14.6 Å². The Kier molecular flexibility index (Phi) is 16.7. The van der Waals surface area contributed by atoms with Crippen LogP contribution in [-0.2, 0) is 58.5 Å². The second kappa shape index (κ2) is 23.0. The van der Waals surface area contributed by atoms with Crippen LogP contribution in [0.3, 0.4) is 0 Å². The van der Waals surface area contributed by atoms with Gasteiger partial charge >= 0.3 is 17.1 Å². The lowest BCUT2D eigenvalue weighted by Crippen LogP contribution is -3.00. The van der Waals surface area contributed by atoms with E-state index >= 15 is 0 Å². The number of carbonyl (C=O) groups is 4. The molecule has 6 N–H and O–H groups in total. The molecular formula is C55H58ClN9O8S3. The number of hydrogen-bond acceptors (Lipinski definition) is 17. The van der Waals surface area contributed by atoms with E-state index in [1.165, 1.54) is 53.6 Å². The van der Waals surface area contributed by atoms with Crippen molar-refractivity contribution in [2.24, 2.45) is 5.16 Å². The number of aromatic nitrogens is 3. The fourth-order valence-electron chi connectivity index (χ4n) is 8.98. The number of amides is 2. The first-order valence-corrected chi connectivity index (χ1v) is 27.2. The molecule has 2 aromatic heterocycles. The number of nitrogens with one attached hydrogen (secondary N) is 2. The number of anilines is 2. The predicted molar refractivity (Wildman–Crippen MR) is 289 cm³/mol. The lowest BCUT2D eigenvalue weighted by Gasteiger charge is -2.49. The third kappa shape index (κ3) is 11.5. The minimum Gasteiger partial charge on any atom is -1.00 e. The van der Waals surface area contributed by atoms with Gasteiger partial charge in [-0.3, -0.25) is 20.3 Å². The first-order chi connectivity index (χ1) is 36.0. The summed E-state index contributed by atoms with van der Waals surface area (Å²) in [5.41, 5.74) is 8.72. The van der Waals surface area contributed by atoms with Crippen molar-refractivity contribution < 1.29 is 55.3 Å². The number of hydrogen-bond donors (Lipinski definition) is 4. The Morgan fingerprint density at radius 2 is 1.50 bits per heavy atom. The van der Waals surface area contributed by atoms with Crippen LogP contribution < -0.4 is 44.0 Å². The molecule has 0 radical (unpaired) electrons. The third-order valence-electron chi connectivity index (χ3n) is 12.8. The Bertz CT molecular complexity index is 3080. The lowest BCUT2D eigenvalue weighted by molar-refractivity contribution is -0.689. The van der Waals surface area contributed by atoms with Gasteiger partial charge in [0.25, 0.3) is 11.8 Å². The van der Waals surface area contributed by atoms with E-state index in [4.69, 9.17) is 35.6 Å². The molecule has 17 nitrogen and oxygen atoms in total. The number of methoxy groups -OCH3 is 1. The quantitative estimate of drug-likeness (QED) is 0.0110. The summed E-state index contributed by atoms with van der Waals surface area (Å²) in [6, 6.07) is 35.9. The number of ether oxygens (including phenoxy) is 3. The summed E-state index contributed by atoms with van der Waals surface area (Å²) >= 11 is 3.91. The zero-order chi connectivity index (χ0) is 53.1. The summed E-state index contributed by atoms with van der Waals surface area (Å²) < 4.78 is 18.4. The molecular weight excluding hydrogens is 1050 g/mol. The van der Waals surface area contributed by atoms with Crippen LogP contribution in [0, 0.1) is 0 Å². The van der Waals surface area contributed by atoms with E-state index in [1.54, 1.807) is 62.2 Å². The number of oxime groups is 1. The molecule has 4 heterocycles. The summed E-state index contributed by atoms with van der Waals surface area (Å²) in [6.07, 6.45) is 2.48. The van der Waals surface area contributed by atoms with Crippen LogP contribution in [0.15, 0.2) is 142 Å². The number of fused-ring (bicyclic) bond motifs is 2. The summed E-state index contributed by atoms with van der Waals surface area (Å²) in [7, 11) is 1.56. The highest BCUT2D eigenvalue weighted by Crippen LogP contribution is 2.43. The molecule has 2 amide bonds. The topological polar surface area (TPSA) is 227 Å². The number of carbonyl (C=O) groups excluding carboxylic acids is 4. The molecule has 0 bridgehead atoms. The average Bonchev–Trinajstić information content (AvgIpc) is 4.13. The van der Waals surface area contributed by atoms with Gasteiger partial charge in [0.1, 0.15) is 52.0 Å². The molecule has 1 aliphatic carbocycles. The second-order valence-corrected chi connectivity index (χ2v) is 22.4. The highest BCUT2D eigenvalue weighted by molar-refractivity contribution is 8.01. The molecule has 21 heteroatoms. The van der Waals surface area contributed by atoms with Crippen molar-refractivity contribution in [3.8, 4) is 5.75 Å². The Morgan fingerprint density at radius 1 is 0.882 bits per heavy atom. The van der Waals surface area contributed by atoms with E-state index in [1.807, 2.05) is 91.0 Å². The van der Waals surface area contributed by atoms with Crippen LogP contribution in [0.4, 0.5) is 10.9 Å². The van der Waals surface area contributed by atoms with E-state index in [2.05, 4.69) is 20.8 Å². The molecule has 2 atom stereocenters. The second-order valence-electron chi connectivity index (χ2n) is 19.5. The van der Waals surface area contributed by atoms with Crippen LogP contribution in [0.1, 0.15) is 80.2 Å². The average molecular weight is 1100 g/mol. The molecule has 396 valence electrons. The van der Waals surface area contributed by atoms with Gasteiger partial charge in [0.2, 0.25) is 11.4 Å². The normalized spacial score (nSPS) is 16.4. The van der Waals surface area contributed by atoms with Gasteiger partial charge in [0.15, 0.2) is 10.8 Å². The summed E-state index contributed by atoms with van der Waals surface area (Å²) in [5.74, 6) is 5.34. The molecule has 1 saturated heterocycles. The highest BCUT2D eigenvalue weighted by Gasteiger charge is 2.55. The van der Waals surface area contributed by atoms with Gasteiger partial charge < -0.3 is 47.8 Å². The lowest BCUT2D eigenvalue weighted by atomic mass is 9.77. The van der Waals surface area contributed by atoms with Crippen molar-refractivity contribution >= 4 is 75.3 Å². The monoisotopic (exact) mass is 1100 g/mol. The molecule has 6 aromatic rings. The van der Waals surface area contributed by atoms with Crippen molar-refractivity contribution in [2.75, 3.05) is 35.5 Å². The van der Waals surface area contributed by atoms with E-state index in [0.29, 0.717) is 38.7 Å². The maximum absolute atomic E-state index is 14.8. The summed E-state index contributed by atoms with van der Waals surface area (Å²) in [4.78, 5) is 73.8. The van der Waals surface area contributed by atoms with Crippen LogP contribution in [-0.4, -0.2) is 85.6 Å². The maximum Gasteiger partial charge on any atom is 0.385 e. The van der Waals surface area contributed by atoms with Crippen molar-refractivity contribution in [1.29, 1.82) is 0 Å². The number of nitrogens with zero attached hydrogens (tertiary/aromatic N) is 5. The van der Waals surface area contributed by atoms with E-state index in [9.17, 15) is 19.2 Å². The Hall–Kier alpha value is -7.13. The standard InChI is InChI=1S/C55H57N9O8S3.ClH/c1-53(2,3)71-50(68)54(4,5)72-62-42(40-32-74-51(58-40)61-55(35-17-10-7-11-18-35,36-19-12-8-13-20-36)37-21-14-9-15-22-37)46(65)59-43-47(66)63-44(49(67)70-29-33-25-27-38(69-6)28-26-33)34(30-73-48(43)63)31-75-52-60-45(56)39-23-16-24-41(39)64(52)57;/h7-15,17-22,25-28,32,43,48,56H,16,23-24,29-31,57H2,1-6H3,(H2,58,59,61,65);1H/b62-42-;. The first-order valence-electron chi connectivity index (χ1n) is 24.3. The Morgan fingerprint density at radius 3 is 2.09 bits per heavy atom. The molecule has 2 aliphatic heterocycles. The summed E-state index contributed by atoms with van der Waals surface area (Å²) in [6.45, 7) is 8.08. The number of halogens is 1. The van der Waals surface area contributed by atoms with Crippen LogP contribution in [0.2, 0.25) is 0 Å². The predicted octanol–water partition coefficient (Wildman–Crippen LogP) is 4.06. The molecule has 2 unspecified atom stereocenters. The van der Waals surface area contributed by atoms with Gasteiger partial charge in [-0.2, -0.15) is 0 Å². The largest absolute Gasteiger partial charge is 1.00 e. The smallest absolute Gasteiger partial charge is 0.385 e. The van der Waals surface area contributed by atoms with Crippen molar-refractivity contribution in [3.63, 3.8) is 0 Å².